The first-order valence-electron chi connectivity index (χ1n) is 6.37. The third kappa shape index (κ3) is 2.77. The Morgan fingerprint density at radius 1 is 1.35 bits per heavy atom. The molecule has 5 heteroatoms. The van der Waals surface area contributed by atoms with Crippen molar-refractivity contribution >= 4 is 22.8 Å². The quantitative estimate of drug-likeness (QED) is 0.867. The zero-order valence-electron chi connectivity index (χ0n) is 11.3. The van der Waals surface area contributed by atoms with Crippen LogP contribution in [0.25, 0.3) is 10.9 Å². The molecule has 2 rings (SSSR count). The minimum atomic E-state index is -1.17. The van der Waals surface area contributed by atoms with Crippen LogP contribution in [-0.4, -0.2) is 22.0 Å². The Balaban J connectivity index is 2.55. The summed E-state index contributed by atoms with van der Waals surface area (Å²) >= 11 is 0. The molecule has 1 aromatic heterocycles. The fraction of sp³-hybridized carbons (Fsp3) is 0.267. The first kappa shape index (κ1) is 14.0. The van der Waals surface area contributed by atoms with Gasteiger partial charge in [0, 0.05) is 11.8 Å². The van der Waals surface area contributed by atoms with Gasteiger partial charge < -0.3 is 9.84 Å². The van der Waals surface area contributed by atoms with E-state index in [9.17, 15) is 14.7 Å². The van der Waals surface area contributed by atoms with Gasteiger partial charge in [0.2, 0.25) is 5.88 Å². The lowest BCUT2D eigenvalue weighted by Crippen LogP contribution is -2.12. The van der Waals surface area contributed by atoms with Crippen LogP contribution in [0.5, 0.6) is 5.88 Å². The van der Waals surface area contributed by atoms with Gasteiger partial charge in [0.1, 0.15) is 5.56 Å². The van der Waals surface area contributed by atoms with Gasteiger partial charge in [0.25, 0.3) is 0 Å². The Bertz CT molecular complexity index is 679. The average Bonchev–Trinajstić information content (AvgIpc) is 2.39. The van der Waals surface area contributed by atoms with Crippen molar-refractivity contribution in [2.75, 3.05) is 0 Å². The molecule has 0 fully saturated rings. The summed E-state index contributed by atoms with van der Waals surface area (Å²) in [5.41, 5.74) is 1.43. The van der Waals surface area contributed by atoms with Crippen molar-refractivity contribution in [2.24, 2.45) is 0 Å². The van der Waals surface area contributed by atoms with Gasteiger partial charge in [0.15, 0.2) is 0 Å². The van der Waals surface area contributed by atoms with Gasteiger partial charge in [-0.15, -0.1) is 0 Å². The number of carboxylic acid groups (broad SMARTS) is 1. The van der Waals surface area contributed by atoms with Gasteiger partial charge in [0.05, 0.1) is 5.52 Å². The maximum Gasteiger partial charge on any atom is 0.341 e. The molecule has 0 unspecified atom stereocenters. The summed E-state index contributed by atoms with van der Waals surface area (Å²) in [4.78, 5) is 27.0. The van der Waals surface area contributed by atoms with Gasteiger partial charge in [-0.05, 0) is 25.0 Å². The normalized spacial score (nSPS) is 10.5. The number of ether oxygens (including phenoxy) is 1. The van der Waals surface area contributed by atoms with E-state index >= 15 is 0 Å². The van der Waals surface area contributed by atoms with Gasteiger partial charge in [-0.1, -0.05) is 25.1 Å². The van der Waals surface area contributed by atoms with Crippen LogP contribution >= 0.6 is 0 Å². The number of carbonyl (C=O) groups is 2. The molecule has 0 aliphatic rings. The lowest BCUT2D eigenvalue weighted by molar-refractivity contribution is -0.134. The second-order valence-electron chi connectivity index (χ2n) is 4.52. The van der Waals surface area contributed by atoms with Gasteiger partial charge >= 0.3 is 11.9 Å². The molecule has 0 bridgehead atoms. The molecular weight excluding hydrogens is 258 g/mol. The summed E-state index contributed by atoms with van der Waals surface area (Å²) in [5.74, 6) is -1.78. The number of pyridine rings is 1. The third-order valence-corrected chi connectivity index (χ3v) is 2.91. The lowest BCUT2D eigenvalue weighted by Gasteiger charge is -2.09. The minimum absolute atomic E-state index is 0.104. The monoisotopic (exact) mass is 273 g/mol. The summed E-state index contributed by atoms with van der Waals surface area (Å²) < 4.78 is 5.08. The Morgan fingerprint density at radius 3 is 2.75 bits per heavy atom. The SMILES string of the molecule is CCCC(=O)Oc1nc2c(C)cccc2cc1C(=O)O. The maximum atomic E-state index is 11.6. The Hall–Kier alpha value is -2.43. The van der Waals surface area contributed by atoms with E-state index in [0.29, 0.717) is 17.3 Å². The Morgan fingerprint density at radius 2 is 2.10 bits per heavy atom. The smallest absolute Gasteiger partial charge is 0.341 e. The summed E-state index contributed by atoms with van der Waals surface area (Å²) in [6.07, 6.45) is 0.862. The number of carbonyl (C=O) groups excluding carboxylic acids is 1. The van der Waals surface area contributed by atoms with Gasteiger partial charge in [-0.2, -0.15) is 0 Å². The highest BCUT2D eigenvalue weighted by atomic mass is 16.5. The topological polar surface area (TPSA) is 76.5 Å². The molecule has 0 spiro atoms. The van der Waals surface area contributed by atoms with Crippen molar-refractivity contribution in [3.63, 3.8) is 0 Å². The van der Waals surface area contributed by atoms with E-state index in [0.717, 1.165) is 5.56 Å². The molecule has 0 aliphatic carbocycles. The number of carboxylic acids is 1. The van der Waals surface area contributed by atoms with E-state index in [2.05, 4.69) is 4.98 Å². The van der Waals surface area contributed by atoms with Crippen LogP contribution in [-0.2, 0) is 4.79 Å². The van der Waals surface area contributed by atoms with Gasteiger partial charge in [-0.3, -0.25) is 4.79 Å². The fourth-order valence-electron chi connectivity index (χ4n) is 1.92. The largest absolute Gasteiger partial charge is 0.477 e. The Kier molecular flexibility index (Phi) is 3.98. The van der Waals surface area contributed by atoms with Crippen LogP contribution in [0, 0.1) is 6.92 Å². The predicted molar refractivity (Wildman–Crippen MR) is 74.0 cm³/mol. The number of benzene rings is 1. The second kappa shape index (κ2) is 5.69. The molecule has 2 aromatic rings. The van der Waals surface area contributed by atoms with E-state index in [1.54, 1.807) is 6.07 Å². The van der Waals surface area contributed by atoms with Crippen LogP contribution in [0.2, 0.25) is 0 Å². The van der Waals surface area contributed by atoms with Crippen LogP contribution in [0.3, 0.4) is 0 Å². The van der Waals surface area contributed by atoms with Crippen LogP contribution in [0.15, 0.2) is 24.3 Å². The molecule has 0 radical (unpaired) electrons. The van der Waals surface area contributed by atoms with Crippen molar-refractivity contribution < 1.29 is 19.4 Å². The molecule has 5 nitrogen and oxygen atoms in total. The summed E-state index contributed by atoms with van der Waals surface area (Å²) in [5, 5.41) is 9.91. The lowest BCUT2D eigenvalue weighted by atomic mass is 10.1. The molecule has 0 amide bonds. The average molecular weight is 273 g/mol. The predicted octanol–water partition coefficient (Wildman–Crippen LogP) is 2.95. The first-order valence-corrected chi connectivity index (χ1v) is 6.37. The Labute approximate surface area is 116 Å². The highest BCUT2D eigenvalue weighted by molar-refractivity contribution is 5.96. The summed E-state index contributed by atoms with van der Waals surface area (Å²) in [6, 6.07) is 6.95. The van der Waals surface area contributed by atoms with Gasteiger partial charge in [-0.25, -0.2) is 9.78 Å². The molecular formula is C15H15NO4. The number of aryl methyl sites for hydroxylation is 1. The molecule has 1 N–H and O–H groups in total. The molecule has 1 aromatic carbocycles. The van der Waals surface area contributed by atoms with Crippen LogP contribution < -0.4 is 4.74 Å². The first-order chi connectivity index (χ1) is 9.52. The van der Waals surface area contributed by atoms with E-state index in [-0.39, 0.29) is 17.9 Å². The van der Waals surface area contributed by atoms with Crippen molar-refractivity contribution in [1.82, 2.24) is 4.98 Å². The number of para-hydroxylation sites is 1. The number of aromatic carboxylic acids is 1. The van der Waals surface area contributed by atoms with Crippen molar-refractivity contribution in [3.05, 3.63) is 35.4 Å². The molecule has 0 atom stereocenters. The van der Waals surface area contributed by atoms with E-state index in [1.165, 1.54) is 6.07 Å². The number of rotatable bonds is 4. The summed E-state index contributed by atoms with van der Waals surface area (Å²) in [6.45, 7) is 3.71. The molecule has 104 valence electrons. The molecule has 0 aliphatic heterocycles. The van der Waals surface area contributed by atoms with E-state index in [1.807, 2.05) is 26.0 Å². The fourth-order valence-corrected chi connectivity index (χ4v) is 1.92. The molecule has 20 heavy (non-hydrogen) atoms. The number of nitrogens with zero attached hydrogens (tertiary/aromatic N) is 1. The highest BCUT2D eigenvalue weighted by Gasteiger charge is 2.18. The zero-order valence-corrected chi connectivity index (χ0v) is 11.3. The third-order valence-electron chi connectivity index (χ3n) is 2.91. The van der Waals surface area contributed by atoms with Crippen molar-refractivity contribution in [3.8, 4) is 5.88 Å². The van der Waals surface area contributed by atoms with Crippen molar-refractivity contribution in [2.45, 2.75) is 26.7 Å². The highest BCUT2D eigenvalue weighted by Crippen LogP contribution is 2.25. The number of esters is 1. The van der Waals surface area contributed by atoms with Crippen molar-refractivity contribution in [1.29, 1.82) is 0 Å². The van der Waals surface area contributed by atoms with E-state index < -0.39 is 11.9 Å². The zero-order chi connectivity index (χ0) is 14.7. The maximum absolute atomic E-state index is 11.6. The standard InChI is InChI=1S/C15H15NO4/c1-3-5-12(17)20-14-11(15(18)19)8-10-7-4-6-9(2)13(10)16-14/h4,6-8H,3,5H2,1-2H3,(H,18,19). The van der Waals surface area contributed by atoms with Crippen LogP contribution in [0.1, 0.15) is 35.7 Å². The van der Waals surface area contributed by atoms with Crippen LogP contribution in [0.4, 0.5) is 0 Å². The second-order valence-corrected chi connectivity index (χ2v) is 4.52. The van der Waals surface area contributed by atoms with E-state index in [4.69, 9.17) is 4.74 Å². The molecule has 1 heterocycles. The summed E-state index contributed by atoms with van der Waals surface area (Å²) in [7, 11) is 0. The molecule has 0 saturated carbocycles. The molecule has 0 saturated heterocycles. The number of aromatic nitrogens is 1. The number of hydrogen-bond donors (Lipinski definition) is 1. The number of fused-ring (bicyclic) bond motifs is 1. The minimum Gasteiger partial charge on any atom is -0.477 e. The number of hydrogen-bond acceptors (Lipinski definition) is 4.